The molecule has 4 aromatic rings. The number of esters is 1. The lowest BCUT2D eigenvalue weighted by Crippen LogP contribution is -2.33. The summed E-state index contributed by atoms with van der Waals surface area (Å²) in [5.74, 6) is -0.274. The number of benzene rings is 4. The zero-order valence-corrected chi connectivity index (χ0v) is 22.2. The molecule has 2 heteroatoms. The number of hydrogen-bond donors (Lipinski definition) is 0. The Morgan fingerprint density at radius 3 is 2.06 bits per heavy atom. The van der Waals surface area contributed by atoms with Crippen molar-refractivity contribution < 1.29 is 9.53 Å². The molecule has 0 unspecified atom stereocenters. The molecule has 2 nitrogen and oxygen atoms in total. The average molecular weight is 477 g/mol. The van der Waals surface area contributed by atoms with E-state index in [2.05, 4.69) is 82.3 Å². The summed E-state index contributed by atoms with van der Waals surface area (Å²) in [7, 11) is 0. The molecule has 0 saturated carbocycles. The third-order valence-electron chi connectivity index (χ3n) is 7.98. The van der Waals surface area contributed by atoms with Crippen LogP contribution in [0.1, 0.15) is 80.1 Å². The van der Waals surface area contributed by atoms with Crippen molar-refractivity contribution in [2.24, 2.45) is 0 Å². The highest BCUT2D eigenvalue weighted by atomic mass is 16.5. The second-order valence-electron chi connectivity index (χ2n) is 11.5. The minimum atomic E-state index is -0.274. The minimum absolute atomic E-state index is 0.163. The predicted octanol–water partition coefficient (Wildman–Crippen LogP) is 8.62. The molecule has 36 heavy (non-hydrogen) atoms. The number of ether oxygens (including phenoxy) is 1. The van der Waals surface area contributed by atoms with Crippen LogP contribution in [0.2, 0.25) is 0 Å². The summed E-state index contributed by atoms with van der Waals surface area (Å²) in [5.41, 5.74) is 8.83. The molecule has 0 heterocycles. The monoisotopic (exact) mass is 476 g/mol. The number of rotatable bonds is 5. The fourth-order valence-corrected chi connectivity index (χ4v) is 5.64. The smallest absolute Gasteiger partial charge is 0.338 e. The van der Waals surface area contributed by atoms with Gasteiger partial charge >= 0.3 is 5.97 Å². The van der Waals surface area contributed by atoms with Gasteiger partial charge in [-0.25, -0.2) is 4.79 Å². The zero-order chi connectivity index (χ0) is 25.5. The molecule has 1 aliphatic carbocycles. The number of fused-ring (bicyclic) bond motifs is 2. The van der Waals surface area contributed by atoms with E-state index < -0.39 is 0 Å². The molecular weight excluding hydrogens is 440 g/mol. The topological polar surface area (TPSA) is 26.3 Å². The Balaban J connectivity index is 1.68. The summed E-state index contributed by atoms with van der Waals surface area (Å²) in [5, 5.41) is 2.63. The normalized spacial score (nSPS) is 15.9. The van der Waals surface area contributed by atoms with E-state index >= 15 is 0 Å². The Morgan fingerprint density at radius 1 is 0.778 bits per heavy atom. The second kappa shape index (κ2) is 9.24. The van der Waals surface area contributed by atoms with E-state index in [-0.39, 0.29) is 16.8 Å². The molecule has 4 aromatic carbocycles. The van der Waals surface area contributed by atoms with Gasteiger partial charge in [-0.3, -0.25) is 0 Å². The number of carbonyl (C=O) groups is 1. The lowest BCUT2D eigenvalue weighted by molar-refractivity contribution is 0.0526. The standard InChI is InChI=1S/C34H36O2/c1-6-36-32(35)25-14-12-24(13-15-25)26-19-27(18-23-10-8-7-9-11-23)29-22-31-30(21-28(29)20-26)33(2,3)16-17-34(31,4)5/h7-15,19-22H,6,16-18H2,1-5H3. The lowest BCUT2D eigenvalue weighted by atomic mass is 9.62. The highest BCUT2D eigenvalue weighted by Crippen LogP contribution is 2.47. The van der Waals surface area contributed by atoms with Crippen molar-refractivity contribution in [1.29, 1.82) is 0 Å². The fraction of sp³-hybridized carbons (Fsp3) is 0.324. The van der Waals surface area contributed by atoms with E-state index in [0.717, 1.165) is 12.0 Å². The molecule has 0 aromatic heterocycles. The summed E-state index contributed by atoms with van der Waals surface area (Å²) < 4.78 is 5.17. The third-order valence-corrected chi connectivity index (χ3v) is 7.98. The maximum atomic E-state index is 12.2. The summed E-state index contributed by atoms with van der Waals surface area (Å²) >= 11 is 0. The summed E-state index contributed by atoms with van der Waals surface area (Å²) in [6.07, 6.45) is 3.29. The Morgan fingerprint density at radius 2 is 1.42 bits per heavy atom. The number of carbonyl (C=O) groups excluding carboxylic acids is 1. The van der Waals surface area contributed by atoms with Gasteiger partial charge in [0.2, 0.25) is 0 Å². The van der Waals surface area contributed by atoms with Crippen molar-refractivity contribution in [2.75, 3.05) is 6.61 Å². The van der Waals surface area contributed by atoms with Crippen molar-refractivity contribution in [1.82, 2.24) is 0 Å². The Hall–Kier alpha value is -3.39. The van der Waals surface area contributed by atoms with Crippen LogP contribution in [0.25, 0.3) is 21.9 Å². The number of hydrogen-bond acceptors (Lipinski definition) is 2. The molecule has 0 N–H and O–H groups in total. The Bertz CT molecular complexity index is 1410. The molecule has 184 valence electrons. The largest absolute Gasteiger partial charge is 0.462 e. The first-order valence-corrected chi connectivity index (χ1v) is 13.1. The van der Waals surface area contributed by atoms with Gasteiger partial charge in [0.05, 0.1) is 12.2 Å². The Labute approximate surface area is 215 Å². The highest BCUT2D eigenvalue weighted by Gasteiger charge is 2.37. The van der Waals surface area contributed by atoms with Gasteiger partial charge < -0.3 is 4.74 Å². The van der Waals surface area contributed by atoms with Gasteiger partial charge in [0, 0.05) is 0 Å². The van der Waals surface area contributed by atoms with Crippen LogP contribution in [0, 0.1) is 0 Å². The lowest BCUT2D eigenvalue weighted by Gasteiger charge is -2.42. The van der Waals surface area contributed by atoms with Crippen molar-refractivity contribution in [3.8, 4) is 11.1 Å². The second-order valence-corrected chi connectivity index (χ2v) is 11.5. The van der Waals surface area contributed by atoms with Crippen LogP contribution >= 0.6 is 0 Å². The molecule has 0 radical (unpaired) electrons. The van der Waals surface area contributed by atoms with Crippen molar-refractivity contribution >= 4 is 16.7 Å². The molecule has 0 saturated heterocycles. The maximum absolute atomic E-state index is 12.2. The molecule has 0 amide bonds. The van der Waals surface area contributed by atoms with Crippen LogP contribution in [-0.4, -0.2) is 12.6 Å². The molecule has 5 rings (SSSR count). The summed E-state index contributed by atoms with van der Waals surface area (Å²) in [6, 6.07) is 28.1. The average Bonchev–Trinajstić information content (AvgIpc) is 2.87. The van der Waals surface area contributed by atoms with Crippen LogP contribution in [0.3, 0.4) is 0 Å². The zero-order valence-electron chi connectivity index (χ0n) is 22.2. The summed E-state index contributed by atoms with van der Waals surface area (Å²) in [6.45, 7) is 11.8. The van der Waals surface area contributed by atoms with E-state index in [1.807, 2.05) is 31.2 Å². The van der Waals surface area contributed by atoms with Gasteiger partial charge in [-0.15, -0.1) is 0 Å². The SMILES string of the molecule is CCOC(=O)c1ccc(-c2cc(Cc3ccccc3)c3cc4c(cc3c2)C(C)(C)CCC4(C)C)cc1. The van der Waals surface area contributed by atoms with Crippen LogP contribution in [0.4, 0.5) is 0 Å². The molecule has 0 aliphatic heterocycles. The fourth-order valence-electron chi connectivity index (χ4n) is 5.64. The summed E-state index contributed by atoms with van der Waals surface area (Å²) in [4.78, 5) is 12.2. The highest BCUT2D eigenvalue weighted by molar-refractivity contribution is 5.93. The van der Waals surface area contributed by atoms with Gasteiger partial charge in [0.25, 0.3) is 0 Å². The van der Waals surface area contributed by atoms with E-state index in [9.17, 15) is 4.79 Å². The predicted molar refractivity (Wildman–Crippen MR) is 150 cm³/mol. The minimum Gasteiger partial charge on any atom is -0.462 e. The van der Waals surface area contributed by atoms with Gasteiger partial charge in [0.1, 0.15) is 0 Å². The quantitative estimate of drug-likeness (QED) is 0.269. The first kappa shape index (κ1) is 24.3. The molecule has 1 aliphatic rings. The first-order chi connectivity index (χ1) is 17.2. The van der Waals surface area contributed by atoms with Crippen LogP contribution in [0.15, 0.2) is 78.9 Å². The van der Waals surface area contributed by atoms with Crippen LogP contribution < -0.4 is 0 Å². The first-order valence-electron chi connectivity index (χ1n) is 13.1. The van der Waals surface area contributed by atoms with E-state index in [1.165, 1.54) is 51.4 Å². The van der Waals surface area contributed by atoms with Gasteiger partial charge in [0.15, 0.2) is 0 Å². The van der Waals surface area contributed by atoms with Crippen molar-refractivity contribution in [2.45, 2.75) is 64.7 Å². The molecular formula is C34H36O2. The Kier molecular flexibility index (Phi) is 6.24. The van der Waals surface area contributed by atoms with Gasteiger partial charge in [-0.2, -0.15) is 0 Å². The van der Waals surface area contributed by atoms with E-state index in [0.29, 0.717) is 12.2 Å². The van der Waals surface area contributed by atoms with Crippen molar-refractivity contribution in [3.63, 3.8) is 0 Å². The van der Waals surface area contributed by atoms with Gasteiger partial charge in [-0.05, 0) is 99.4 Å². The van der Waals surface area contributed by atoms with Crippen LogP contribution in [-0.2, 0) is 22.0 Å². The maximum Gasteiger partial charge on any atom is 0.338 e. The van der Waals surface area contributed by atoms with Crippen molar-refractivity contribution in [3.05, 3.63) is 107 Å². The molecule has 0 bridgehead atoms. The molecule has 0 fully saturated rings. The van der Waals surface area contributed by atoms with E-state index in [4.69, 9.17) is 4.74 Å². The molecule has 0 spiro atoms. The third kappa shape index (κ3) is 4.57. The van der Waals surface area contributed by atoms with E-state index in [1.54, 1.807) is 0 Å². The van der Waals surface area contributed by atoms with Gasteiger partial charge in [-0.1, -0.05) is 88.4 Å². The molecule has 0 atom stereocenters. The van der Waals surface area contributed by atoms with Crippen LogP contribution in [0.5, 0.6) is 0 Å².